The minimum Gasteiger partial charge on any atom is -0.489 e. The second-order valence-corrected chi connectivity index (χ2v) is 8.21. The van der Waals surface area contributed by atoms with Gasteiger partial charge in [-0.15, -0.1) is 35.3 Å². The standard InChI is InChI=1S/C22H29FN4O2S.HI/c1-3-24-22(26-14-16(2)29-19-6-4-18(23)5-7-19)25-11-8-21(28)27-12-9-20-17(15-27)10-13-30-20;/h4-7,10,13,16H,3,8-9,11-12,14-15H2,1-2H3,(H2,24,25,26);1H. The first-order valence-corrected chi connectivity index (χ1v) is 11.2. The maximum absolute atomic E-state index is 13.0. The van der Waals surface area contributed by atoms with Gasteiger partial charge in [0.05, 0.1) is 6.54 Å². The van der Waals surface area contributed by atoms with Crippen molar-refractivity contribution in [1.82, 2.24) is 15.5 Å². The topological polar surface area (TPSA) is 66.0 Å². The van der Waals surface area contributed by atoms with Crippen LogP contribution < -0.4 is 15.4 Å². The number of halogens is 2. The van der Waals surface area contributed by atoms with Crippen LogP contribution in [0, 0.1) is 5.82 Å². The number of aliphatic imine (C=N–C) groups is 1. The van der Waals surface area contributed by atoms with Crippen LogP contribution in [0.2, 0.25) is 0 Å². The third kappa shape index (κ3) is 7.95. The minimum absolute atomic E-state index is 0. The van der Waals surface area contributed by atoms with Crippen LogP contribution in [0.1, 0.15) is 30.7 Å². The summed E-state index contributed by atoms with van der Waals surface area (Å²) in [6.07, 6.45) is 1.20. The van der Waals surface area contributed by atoms with E-state index in [-0.39, 0.29) is 41.8 Å². The Hall–Kier alpha value is -1.88. The Morgan fingerprint density at radius 3 is 2.81 bits per heavy atom. The molecule has 2 N–H and O–H groups in total. The number of carbonyl (C=O) groups excluding carboxylic acids is 1. The molecule has 6 nitrogen and oxygen atoms in total. The summed E-state index contributed by atoms with van der Waals surface area (Å²) >= 11 is 1.77. The average Bonchev–Trinajstić information content (AvgIpc) is 3.21. The predicted molar refractivity (Wildman–Crippen MR) is 134 cm³/mol. The van der Waals surface area contributed by atoms with E-state index in [0.29, 0.717) is 37.8 Å². The number of ether oxygens (including phenoxy) is 1. The summed E-state index contributed by atoms with van der Waals surface area (Å²) in [5.74, 6) is 1.13. The second-order valence-electron chi connectivity index (χ2n) is 7.21. The van der Waals surface area contributed by atoms with E-state index in [2.05, 4.69) is 27.1 Å². The van der Waals surface area contributed by atoms with Crippen molar-refractivity contribution in [3.8, 4) is 5.75 Å². The van der Waals surface area contributed by atoms with E-state index >= 15 is 0 Å². The van der Waals surface area contributed by atoms with Gasteiger partial charge in [0.1, 0.15) is 17.7 Å². The Labute approximate surface area is 204 Å². The summed E-state index contributed by atoms with van der Waals surface area (Å²) < 4.78 is 18.7. The molecule has 0 spiro atoms. The lowest BCUT2D eigenvalue weighted by Crippen LogP contribution is -2.41. The van der Waals surface area contributed by atoms with E-state index in [1.807, 2.05) is 18.7 Å². The number of nitrogens with one attached hydrogen (secondary N) is 2. The van der Waals surface area contributed by atoms with Crippen molar-refractivity contribution < 1.29 is 13.9 Å². The van der Waals surface area contributed by atoms with Crippen LogP contribution in [-0.2, 0) is 17.8 Å². The normalized spacial score (nSPS) is 14.3. The van der Waals surface area contributed by atoms with E-state index in [0.717, 1.165) is 19.5 Å². The number of hydrogen-bond acceptors (Lipinski definition) is 4. The maximum Gasteiger partial charge on any atom is 0.224 e. The molecule has 0 aliphatic carbocycles. The van der Waals surface area contributed by atoms with Gasteiger partial charge >= 0.3 is 0 Å². The summed E-state index contributed by atoms with van der Waals surface area (Å²) in [7, 11) is 0. The molecule has 9 heteroatoms. The van der Waals surface area contributed by atoms with Crippen molar-refractivity contribution in [1.29, 1.82) is 0 Å². The lowest BCUT2D eigenvalue weighted by Gasteiger charge is -2.27. The Bertz CT molecular complexity index is 859. The fourth-order valence-corrected chi connectivity index (χ4v) is 4.14. The number of guanidine groups is 1. The van der Waals surface area contributed by atoms with E-state index in [9.17, 15) is 9.18 Å². The maximum atomic E-state index is 13.0. The van der Waals surface area contributed by atoms with Gasteiger partial charge in [0, 0.05) is 37.5 Å². The quantitative estimate of drug-likeness (QED) is 0.293. The zero-order valence-corrected chi connectivity index (χ0v) is 21.0. The van der Waals surface area contributed by atoms with Crippen molar-refractivity contribution in [2.24, 2.45) is 4.99 Å². The summed E-state index contributed by atoms with van der Waals surface area (Å²) in [6.45, 7) is 7.09. The highest BCUT2D eigenvalue weighted by Gasteiger charge is 2.21. The highest BCUT2D eigenvalue weighted by Crippen LogP contribution is 2.24. The van der Waals surface area contributed by atoms with Gasteiger partial charge in [-0.1, -0.05) is 0 Å². The van der Waals surface area contributed by atoms with Gasteiger partial charge in [-0.05, 0) is 61.5 Å². The molecule has 3 rings (SSSR count). The zero-order chi connectivity index (χ0) is 21.3. The van der Waals surface area contributed by atoms with E-state index in [4.69, 9.17) is 4.74 Å². The number of rotatable bonds is 8. The Kier molecular flexibility index (Phi) is 10.5. The molecule has 1 aliphatic rings. The van der Waals surface area contributed by atoms with Crippen molar-refractivity contribution in [3.05, 3.63) is 52.0 Å². The van der Waals surface area contributed by atoms with Crippen LogP contribution in [0.5, 0.6) is 5.75 Å². The molecule has 1 amide bonds. The molecule has 2 heterocycles. The summed E-state index contributed by atoms with van der Waals surface area (Å²) in [4.78, 5) is 20.4. The molecule has 1 unspecified atom stereocenters. The first kappa shape index (κ1) is 25.4. The second kappa shape index (κ2) is 12.8. The molecule has 0 radical (unpaired) electrons. The molecule has 170 valence electrons. The van der Waals surface area contributed by atoms with Gasteiger partial charge in [0.25, 0.3) is 0 Å². The van der Waals surface area contributed by atoms with Gasteiger partial charge in [0.2, 0.25) is 5.91 Å². The van der Waals surface area contributed by atoms with Gasteiger partial charge in [-0.3, -0.25) is 4.79 Å². The highest BCUT2D eigenvalue weighted by molar-refractivity contribution is 14.0. The van der Waals surface area contributed by atoms with Crippen LogP contribution >= 0.6 is 35.3 Å². The fraction of sp³-hybridized carbons (Fsp3) is 0.455. The number of benzene rings is 1. The number of fused-ring (bicyclic) bond motifs is 1. The lowest BCUT2D eigenvalue weighted by atomic mass is 10.1. The smallest absolute Gasteiger partial charge is 0.224 e. The zero-order valence-electron chi connectivity index (χ0n) is 17.9. The number of carbonyl (C=O) groups is 1. The SMILES string of the molecule is CCNC(=NCC(C)Oc1ccc(F)cc1)NCCC(=O)N1CCc2sccc2C1.I. The molecule has 1 aromatic carbocycles. The number of thiophene rings is 1. The third-order valence-corrected chi connectivity index (χ3v) is 5.82. The van der Waals surface area contributed by atoms with Crippen molar-refractivity contribution in [3.63, 3.8) is 0 Å². The molecule has 1 aliphatic heterocycles. The Balaban J connectivity index is 0.00000341. The van der Waals surface area contributed by atoms with Crippen molar-refractivity contribution >= 4 is 47.2 Å². The van der Waals surface area contributed by atoms with Gasteiger partial charge in [-0.2, -0.15) is 0 Å². The van der Waals surface area contributed by atoms with E-state index < -0.39 is 0 Å². The summed E-state index contributed by atoms with van der Waals surface area (Å²) in [6, 6.07) is 8.06. The van der Waals surface area contributed by atoms with Crippen molar-refractivity contribution in [2.45, 2.75) is 39.3 Å². The molecule has 1 atom stereocenters. The summed E-state index contributed by atoms with van der Waals surface area (Å²) in [5.41, 5.74) is 1.28. The molecule has 0 saturated heterocycles. The fourth-order valence-electron chi connectivity index (χ4n) is 3.25. The van der Waals surface area contributed by atoms with Gasteiger partial charge in [0.15, 0.2) is 5.96 Å². The molecular formula is C22H30FIN4O2S. The van der Waals surface area contributed by atoms with Crippen LogP contribution in [-0.4, -0.2) is 49.0 Å². The average molecular weight is 560 g/mol. The van der Waals surface area contributed by atoms with Crippen molar-refractivity contribution in [2.75, 3.05) is 26.2 Å². The largest absolute Gasteiger partial charge is 0.489 e. The molecule has 0 saturated carbocycles. The number of hydrogen-bond donors (Lipinski definition) is 2. The molecule has 0 bridgehead atoms. The highest BCUT2D eigenvalue weighted by atomic mass is 127. The molecule has 0 fully saturated rings. The first-order valence-electron chi connectivity index (χ1n) is 10.3. The van der Waals surface area contributed by atoms with Gasteiger partial charge < -0.3 is 20.3 Å². The lowest BCUT2D eigenvalue weighted by molar-refractivity contribution is -0.131. The molecule has 31 heavy (non-hydrogen) atoms. The monoisotopic (exact) mass is 560 g/mol. The number of amides is 1. The minimum atomic E-state index is -0.290. The third-order valence-electron chi connectivity index (χ3n) is 4.79. The van der Waals surface area contributed by atoms with Crippen LogP contribution in [0.3, 0.4) is 0 Å². The van der Waals surface area contributed by atoms with Gasteiger partial charge in [-0.25, -0.2) is 9.38 Å². The van der Waals surface area contributed by atoms with Crippen LogP contribution in [0.15, 0.2) is 40.7 Å². The predicted octanol–water partition coefficient (Wildman–Crippen LogP) is 3.80. The van der Waals surface area contributed by atoms with Crippen LogP contribution in [0.4, 0.5) is 4.39 Å². The van der Waals surface area contributed by atoms with Crippen LogP contribution in [0.25, 0.3) is 0 Å². The molecular weight excluding hydrogens is 530 g/mol. The Morgan fingerprint density at radius 2 is 2.06 bits per heavy atom. The number of nitrogens with zero attached hydrogens (tertiary/aromatic N) is 2. The first-order chi connectivity index (χ1) is 14.5. The van der Waals surface area contributed by atoms with E-state index in [1.165, 1.54) is 22.6 Å². The summed E-state index contributed by atoms with van der Waals surface area (Å²) in [5, 5.41) is 8.50. The van der Waals surface area contributed by atoms with E-state index in [1.54, 1.807) is 23.5 Å². The molecule has 2 aromatic rings. The molecule has 1 aromatic heterocycles. The Morgan fingerprint density at radius 1 is 1.29 bits per heavy atom.